The summed E-state index contributed by atoms with van der Waals surface area (Å²) in [5.41, 5.74) is 1.32. The molecule has 1 amide bonds. The van der Waals surface area contributed by atoms with E-state index in [0.29, 0.717) is 18.5 Å². The van der Waals surface area contributed by atoms with E-state index in [2.05, 4.69) is 58.8 Å². The molecule has 1 saturated heterocycles. The second-order valence-electron chi connectivity index (χ2n) is 7.93. The number of hydrogen-bond donors (Lipinski definition) is 2. The summed E-state index contributed by atoms with van der Waals surface area (Å²) in [4.78, 5) is 20.2. The highest BCUT2D eigenvalue weighted by atomic mass is 16.5. The minimum Gasteiger partial charge on any atom is -0.376 e. The molecule has 7 nitrogen and oxygen atoms in total. The van der Waals surface area contributed by atoms with Crippen molar-refractivity contribution < 1.29 is 9.53 Å². The number of rotatable bonds is 10. The van der Waals surface area contributed by atoms with Crippen LogP contribution in [-0.2, 0) is 16.1 Å². The van der Waals surface area contributed by atoms with Gasteiger partial charge in [0.1, 0.15) is 6.54 Å². The first-order valence-electron chi connectivity index (χ1n) is 10.5. The van der Waals surface area contributed by atoms with Gasteiger partial charge in [-0.25, -0.2) is 4.99 Å². The molecule has 2 N–H and O–H groups in total. The molecule has 1 aromatic rings. The molecule has 1 aliphatic heterocycles. The first-order valence-corrected chi connectivity index (χ1v) is 10.5. The van der Waals surface area contributed by atoms with Gasteiger partial charge in [0.25, 0.3) is 0 Å². The van der Waals surface area contributed by atoms with Crippen molar-refractivity contribution in [3.63, 3.8) is 0 Å². The maximum absolute atomic E-state index is 11.9. The van der Waals surface area contributed by atoms with Crippen LogP contribution in [0.15, 0.2) is 35.3 Å². The molecule has 7 heteroatoms. The van der Waals surface area contributed by atoms with Crippen molar-refractivity contribution in [2.75, 3.05) is 47.4 Å². The van der Waals surface area contributed by atoms with Gasteiger partial charge in [0.2, 0.25) is 5.91 Å². The maximum Gasteiger partial charge on any atom is 0.243 e. The lowest BCUT2D eigenvalue weighted by Crippen LogP contribution is -2.43. The Morgan fingerprint density at radius 1 is 1.24 bits per heavy atom. The first kappa shape index (κ1) is 23.2. The Labute approximate surface area is 175 Å². The van der Waals surface area contributed by atoms with E-state index in [1.165, 1.54) is 5.56 Å². The average molecular weight is 404 g/mol. The quantitative estimate of drug-likeness (QED) is 0.460. The molecule has 2 atom stereocenters. The predicted octanol–water partition coefficient (Wildman–Crippen LogP) is 1.70. The average Bonchev–Trinajstić information content (AvgIpc) is 3.23. The summed E-state index contributed by atoms with van der Waals surface area (Å²) >= 11 is 0. The molecule has 0 aromatic heterocycles. The molecule has 1 fully saturated rings. The number of nitrogens with one attached hydrogen (secondary N) is 2. The summed E-state index contributed by atoms with van der Waals surface area (Å²) in [6, 6.07) is 10.9. The number of carbonyl (C=O) groups excluding carboxylic acids is 1. The minimum absolute atomic E-state index is 0.0146. The molecule has 0 aliphatic carbocycles. The predicted molar refractivity (Wildman–Crippen MR) is 118 cm³/mol. The van der Waals surface area contributed by atoms with Crippen LogP contribution in [0.4, 0.5) is 0 Å². The van der Waals surface area contributed by atoms with Crippen molar-refractivity contribution in [1.29, 1.82) is 0 Å². The van der Waals surface area contributed by atoms with E-state index in [-0.39, 0.29) is 18.6 Å². The van der Waals surface area contributed by atoms with Crippen LogP contribution in [0.2, 0.25) is 0 Å². The smallest absolute Gasteiger partial charge is 0.243 e. The number of nitrogens with zero attached hydrogens (tertiary/aromatic N) is 3. The molecule has 1 aromatic carbocycles. The summed E-state index contributed by atoms with van der Waals surface area (Å²) < 4.78 is 5.67. The zero-order valence-corrected chi connectivity index (χ0v) is 18.4. The van der Waals surface area contributed by atoms with E-state index >= 15 is 0 Å². The summed E-state index contributed by atoms with van der Waals surface area (Å²) in [6.45, 7) is 5.63. The van der Waals surface area contributed by atoms with Gasteiger partial charge in [-0.3, -0.25) is 9.69 Å². The number of benzene rings is 1. The second-order valence-corrected chi connectivity index (χ2v) is 7.93. The van der Waals surface area contributed by atoms with E-state index in [0.717, 1.165) is 39.0 Å². The Bertz CT molecular complexity index is 629. The summed E-state index contributed by atoms with van der Waals surface area (Å²) in [5, 5.41) is 6.70. The third-order valence-corrected chi connectivity index (χ3v) is 5.27. The largest absolute Gasteiger partial charge is 0.376 e. The van der Waals surface area contributed by atoms with E-state index in [1.807, 2.05) is 6.07 Å². The molecular formula is C22H37N5O2. The number of hydrogen-bond acceptors (Lipinski definition) is 4. The number of carbonyl (C=O) groups is 1. The number of ether oxygens (including phenoxy) is 1. The Kier molecular flexibility index (Phi) is 9.94. The third kappa shape index (κ3) is 8.83. The van der Waals surface area contributed by atoms with Gasteiger partial charge in [-0.1, -0.05) is 30.3 Å². The topological polar surface area (TPSA) is 69.2 Å². The van der Waals surface area contributed by atoms with Crippen molar-refractivity contribution in [2.45, 2.75) is 44.9 Å². The van der Waals surface area contributed by atoms with Crippen LogP contribution in [0.1, 0.15) is 31.7 Å². The molecule has 2 unspecified atom stereocenters. The van der Waals surface area contributed by atoms with Crippen LogP contribution < -0.4 is 10.6 Å². The van der Waals surface area contributed by atoms with Gasteiger partial charge >= 0.3 is 0 Å². The summed E-state index contributed by atoms with van der Waals surface area (Å²) in [6.07, 6.45) is 3.38. The van der Waals surface area contributed by atoms with Crippen molar-refractivity contribution in [2.24, 2.45) is 4.99 Å². The third-order valence-electron chi connectivity index (χ3n) is 5.27. The Balaban J connectivity index is 1.79. The Hall–Kier alpha value is -2.12. The van der Waals surface area contributed by atoms with Gasteiger partial charge in [-0.05, 0) is 38.8 Å². The van der Waals surface area contributed by atoms with Gasteiger partial charge in [0, 0.05) is 46.4 Å². The number of aliphatic imine (C=N–C) groups is 1. The van der Waals surface area contributed by atoms with E-state index in [1.54, 1.807) is 19.0 Å². The highest BCUT2D eigenvalue weighted by Gasteiger charge is 2.16. The number of likely N-dealkylation sites (N-methyl/N-ethyl adjacent to an activating group) is 1. The lowest BCUT2D eigenvalue weighted by Gasteiger charge is -2.25. The van der Waals surface area contributed by atoms with Gasteiger partial charge in [-0.15, -0.1) is 0 Å². The maximum atomic E-state index is 11.9. The van der Waals surface area contributed by atoms with Crippen LogP contribution in [0.25, 0.3) is 0 Å². The fraction of sp³-hybridized carbons (Fsp3) is 0.636. The lowest BCUT2D eigenvalue weighted by atomic mass is 10.1. The number of guanidine groups is 1. The van der Waals surface area contributed by atoms with Crippen LogP contribution in [0, 0.1) is 0 Å². The molecule has 0 radical (unpaired) electrons. The zero-order chi connectivity index (χ0) is 21.1. The second kappa shape index (κ2) is 12.4. The fourth-order valence-electron chi connectivity index (χ4n) is 3.13. The van der Waals surface area contributed by atoms with Crippen molar-refractivity contribution in [3.05, 3.63) is 35.9 Å². The van der Waals surface area contributed by atoms with Crippen molar-refractivity contribution >= 4 is 11.9 Å². The molecule has 2 rings (SSSR count). The summed E-state index contributed by atoms with van der Waals surface area (Å²) in [5.74, 6) is 0.660. The monoisotopic (exact) mass is 403 g/mol. The van der Waals surface area contributed by atoms with Gasteiger partial charge in [-0.2, -0.15) is 0 Å². The molecule has 29 heavy (non-hydrogen) atoms. The zero-order valence-electron chi connectivity index (χ0n) is 18.4. The van der Waals surface area contributed by atoms with Gasteiger partial charge in [0.15, 0.2) is 5.96 Å². The number of amides is 1. The van der Waals surface area contributed by atoms with E-state index in [4.69, 9.17) is 4.74 Å². The van der Waals surface area contributed by atoms with Gasteiger partial charge < -0.3 is 20.3 Å². The Morgan fingerprint density at radius 2 is 2.00 bits per heavy atom. The minimum atomic E-state index is -0.0146. The molecule has 1 heterocycles. The molecule has 0 saturated carbocycles. The molecular weight excluding hydrogens is 366 g/mol. The summed E-state index contributed by atoms with van der Waals surface area (Å²) in [7, 11) is 5.64. The fourth-order valence-corrected chi connectivity index (χ4v) is 3.13. The molecule has 162 valence electrons. The Morgan fingerprint density at radius 3 is 2.66 bits per heavy atom. The van der Waals surface area contributed by atoms with Crippen LogP contribution in [0.3, 0.4) is 0 Å². The van der Waals surface area contributed by atoms with Crippen LogP contribution in [0.5, 0.6) is 0 Å². The lowest BCUT2D eigenvalue weighted by molar-refractivity contribution is -0.127. The van der Waals surface area contributed by atoms with Crippen molar-refractivity contribution in [1.82, 2.24) is 20.4 Å². The van der Waals surface area contributed by atoms with Gasteiger partial charge in [0.05, 0.1) is 6.10 Å². The molecule has 1 aliphatic rings. The molecule has 0 spiro atoms. The SMILES string of the molecule is CC(CCNC(=NCC(=O)N(C)C)NCC1CCCO1)N(C)Cc1ccccc1. The normalized spacial score (nSPS) is 18.0. The standard InChI is InChI=1S/C22H37N5O2/c1-18(27(4)17-19-9-6-5-7-10-19)12-13-23-22(25-16-21(28)26(2)3)24-15-20-11-8-14-29-20/h5-7,9-10,18,20H,8,11-17H2,1-4H3,(H2,23,24,25). The van der Waals surface area contributed by atoms with E-state index in [9.17, 15) is 4.79 Å². The highest BCUT2D eigenvalue weighted by molar-refractivity contribution is 5.84. The first-order chi connectivity index (χ1) is 14.0. The highest BCUT2D eigenvalue weighted by Crippen LogP contribution is 2.10. The van der Waals surface area contributed by atoms with Crippen LogP contribution in [-0.4, -0.2) is 81.2 Å². The van der Waals surface area contributed by atoms with Crippen LogP contribution >= 0.6 is 0 Å². The van der Waals surface area contributed by atoms with Crippen molar-refractivity contribution in [3.8, 4) is 0 Å². The molecule has 0 bridgehead atoms. The van der Waals surface area contributed by atoms with E-state index < -0.39 is 0 Å².